The monoisotopic (exact) mass is 244 g/mol. The van der Waals surface area contributed by atoms with Gasteiger partial charge in [-0.15, -0.1) is 0 Å². The van der Waals surface area contributed by atoms with E-state index < -0.39 is 11.6 Å². The Morgan fingerprint density at radius 3 is 2.41 bits per heavy atom. The van der Waals surface area contributed by atoms with E-state index >= 15 is 0 Å². The number of piperidine rings is 1. The fourth-order valence-electron chi connectivity index (χ4n) is 1.95. The van der Waals surface area contributed by atoms with Crippen LogP contribution >= 0.6 is 0 Å². The van der Waals surface area contributed by atoms with Gasteiger partial charge in [-0.25, -0.2) is 5.01 Å². The van der Waals surface area contributed by atoms with Gasteiger partial charge in [0.15, 0.2) is 0 Å². The molecule has 1 amide bonds. The van der Waals surface area contributed by atoms with Gasteiger partial charge >= 0.3 is 5.97 Å². The number of carbonyl (C=O) groups is 2. The van der Waals surface area contributed by atoms with Gasteiger partial charge in [0.1, 0.15) is 0 Å². The molecule has 1 saturated heterocycles. The maximum Gasteiger partial charge on any atom is 0.306 e. The Kier molecular flexibility index (Phi) is 4.89. The van der Waals surface area contributed by atoms with E-state index in [1.165, 1.54) is 0 Å². The van der Waals surface area contributed by atoms with Gasteiger partial charge in [0.05, 0.1) is 12.0 Å². The first-order valence-electron chi connectivity index (χ1n) is 5.94. The summed E-state index contributed by atoms with van der Waals surface area (Å²) in [6, 6.07) is 0. The van der Waals surface area contributed by atoms with Gasteiger partial charge in [-0.1, -0.05) is 6.92 Å². The first-order valence-corrected chi connectivity index (χ1v) is 5.94. The number of hydrogen-bond donors (Lipinski definition) is 3. The lowest BCUT2D eigenvalue weighted by Gasteiger charge is -2.37. The Bertz CT molecular complexity index is 285. The Labute approximate surface area is 101 Å². The smallest absolute Gasteiger partial charge is 0.306 e. The quantitative estimate of drug-likeness (QED) is 0.639. The molecule has 17 heavy (non-hydrogen) atoms. The summed E-state index contributed by atoms with van der Waals surface area (Å²) in [6.45, 7) is 2.90. The van der Waals surface area contributed by atoms with Crippen molar-refractivity contribution in [1.29, 1.82) is 0 Å². The fourth-order valence-corrected chi connectivity index (χ4v) is 1.95. The van der Waals surface area contributed by atoms with Crippen molar-refractivity contribution in [3.63, 3.8) is 0 Å². The van der Waals surface area contributed by atoms with E-state index in [1.807, 2.05) is 6.92 Å². The van der Waals surface area contributed by atoms with Crippen molar-refractivity contribution in [3.8, 4) is 0 Å². The molecule has 98 valence electrons. The summed E-state index contributed by atoms with van der Waals surface area (Å²) in [6.07, 6.45) is 1.78. The van der Waals surface area contributed by atoms with E-state index in [9.17, 15) is 14.7 Å². The number of carboxylic acids is 1. The molecule has 1 aliphatic heterocycles. The van der Waals surface area contributed by atoms with Gasteiger partial charge in [-0.05, 0) is 19.3 Å². The molecule has 6 heteroatoms. The van der Waals surface area contributed by atoms with Crippen molar-refractivity contribution in [2.45, 2.75) is 44.6 Å². The van der Waals surface area contributed by atoms with Crippen LogP contribution in [0.2, 0.25) is 0 Å². The molecule has 0 radical (unpaired) electrons. The summed E-state index contributed by atoms with van der Waals surface area (Å²) in [5.74, 6) is -1.02. The third kappa shape index (κ3) is 4.70. The van der Waals surface area contributed by atoms with E-state index in [-0.39, 0.29) is 12.3 Å². The first-order chi connectivity index (χ1) is 7.95. The highest BCUT2D eigenvalue weighted by atomic mass is 16.4. The molecule has 6 nitrogen and oxygen atoms in total. The van der Waals surface area contributed by atoms with Crippen molar-refractivity contribution >= 4 is 11.9 Å². The van der Waals surface area contributed by atoms with E-state index in [4.69, 9.17) is 5.11 Å². The first kappa shape index (κ1) is 13.9. The molecular formula is C11H20N2O4. The number of amides is 1. The van der Waals surface area contributed by atoms with Crippen LogP contribution in [-0.4, -0.2) is 45.8 Å². The van der Waals surface area contributed by atoms with E-state index in [1.54, 1.807) is 5.01 Å². The van der Waals surface area contributed by atoms with Crippen molar-refractivity contribution < 1.29 is 19.8 Å². The van der Waals surface area contributed by atoms with Crippen LogP contribution in [0.4, 0.5) is 0 Å². The van der Waals surface area contributed by atoms with Crippen LogP contribution in [0.25, 0.3) is 0 Å². The van der Waals surface area contributed by atoms with Crippen molar-refractivity contribution in [2.24, 2.45) is 0 Å². The van der Waals surface area contributed by atoms with E-state index in [0.29, 0.717) is 32.4 Å². The van der Waals surface area contributed by atoms with E-state index in [0.717, 1.165) is 6.42 Å². The van der Waals surface area contributed by atoms with Gasteiger partial charge < -0.3 is 10.2 Å². The lowest BCUT2D eigenvalue weighted by atomic mass is 9.89. The highest BCUT2D eigenvalue weighted by Gasteiger charge is 2.34. The molecule has 1 heterocycles. The van der Waals surface area contributed by atoms with Crippen LogP contribution in [0.5, 0.6) is 0 Å². The van der Waals surface area contributed by atoms with Crippen LogP contribution < -0.4 is 5.43 Å². The summed E-state index contributed by atoms with van der Waals surface area (Å²) < 4.78 is 0. The molecule has 0 aliphatic carbocycles. The predicted molar refractivity (Wildman–Crippen MR) is 61.1 cm³/mol. The standard InChI is InChI=1S/C11H20N2O4/c1-2-3-9(14)12-13-6-4-11(17,5-7-13)8-10(15)16/h17H,2-8H2,1H3,(H,12,14)(H,15,16). The van der Waals surface area contributed by atoms with Crippen LogP contribution in [0.15, 0.2) is 0 Å². The van der Waals surface area contributed by atoms with E-state index in [2.05, 4.69) is 5.43 Å². The molecule has 0 bridgehead atoms. The molecule has 0 aromatic carbocycles. The highest BCUT2D eigenvalue weighted by Crippen LogP contribution is 2.24. The number of aliphatic carboxylic acids is 1. The van der Waals surface area contributed by atoms with Gasteiger partial charge in [0.25, 0.3) is 0 Å². The van der Waals surface area contributed by atoms with Crippen LogP contribution in [0.3, 0.4) is 0 Å². The summed E-state index contributed by atoms with van der Waals surface area (Å²) >= 11 is 0. The van der Waals surface area contributed by atoms with Crippen molar-refractivity contribution in [1.82, 2.24) is 10.4 Å². The highest BCUT2D eigenvalue weighted by molar-refractivity contribution is 5.75. The average Bonchev–Trinajstić information content (AvgIpc) is 2.21. The average molecular weight is 244 g/mol. The van der Waals surface area contributed by atoms with Crippen LogP contribution in [0, 0.1) is 0 Å². The van der Waals surface area contributed by atoms with Crippen molar-refractivity contribution in [2.75, 3.05) is 13.1 Å². The molecule has 1 fully saturated rings. The molecule has 0 atom stereocenters. The molecule has 0 saturated carbocycles. The normalized spacial score (nSPS) is 19.9. The number of aliphatic hydroxyl groups is 1. The minimum absolute atomic E-state index is 0.0313. The predicted octanol–water partition coefficient (Wildman–Crippen LogP) is 0.119. The summed E-state index contributed by atoms with van der Waals surface area (Å²) in [7, 11) is 0. The summed E-state index contributed by atoms with van der Waals surface area (Å²) in [4.78, 5) is 21.9. The van der Waals surface area contributed by atoms with Gasteiger partial charge in [-0.2, -0.15) is 0 Å². The molecular weight excluding hydrogens is 224 g/mol. The second-order valence-electron chi connectivity index (χ2n) is 4.57. The lowest BCUT2D eigenvalue weighted by Crippen LogP contribution is -2.52. The van der Waals surface area contributed by atoms with Gasteiger partial charge in [0, 0.05) is 19.5 Å². The number of rotatable bonds is 5. The SMILES string of the molecule is CCCC(=O)NN1CCC(O)(CC(=O)O)CC1. The fraction of sp³-hybridized carbons (Fsp3) is 0.818. The zero-order chi connectivity index (χ0) is 12.9. The molecule has 0 aromatic heterocycles. The molecule has 0 aromatic rings. The number of hydrogen-bond acceptors (Lipinski definition) is 4. The maximum atomic E-state index is 11.3. The minimum Gasteiger partial charge on any atom is -0.481 e. The van der Waals surface area contributed by atoms with Crippen LogP contribution in [-0.2, 0) is 9.59 Å². The second kappa shape index (κ2) is 5.97. The summed E-state index contributed by atoms with van der Waals surface area (Å²) in [5, 5.41) is 20.4. The second-order valence-corrected chi connectivity index (χ2v) is 4.57. The Balaban J connectivity index is 2.35. The lowest BCUT2D eigenvalue weighted by molar-refractivity contribution is -0.146. The Morgan fingerprint density at radius 2 is 1.94 bits per heavy atom. The Morgan fingerprint density at radius 1 is 1.35 bits per heavy atom. The van der Waals surface area contributed by atoms with Crippen LogP contribution in [0.1, 0.15) is 39.0 Å². The topological polar surface area (TPSA) is 89.9 Å². The Hall–Kier alpha value is -1.14. The molecule has 0 unspecified atom stereocenters. The number of carbonyl (C=O) groups excluding carboxylic acids is 1. The number of hydrazine groups is 1. The van der Waals surface area contributed by atoms with Gasteiger partial charge in [-0.3, -0.25) is 15.0 Å². The summed E-state index contributed by atoms with van der Waals surface area (Å²) in [5.41, 5.74) is 1.62. The number of carboxylic acid groups (broad SMARTS) is 1. The molecule has 1 aliphatic rings. The molecule has 1 rings (SSSR count). The van der Waals surface area contributed by atoms with Gasteiger partial charge in [0.2, 0.25) is 5.91 Å². The molecule has 0 spiro atoms. The maximum absolute atomic E-state index is 11.3. The minimum atomic E-state index is -1.13. The number of nitrogens with zero attached hydrogens (tertiary/aromatic N) is 1. The number of nitrogens with one attached hydrogen (secondary N) is 1. The zero-order valence-corrected chi connectivity index (χ0v) is 10.1. The zero-order valence-electron chi connectivity index (χ0n) is 10.1. The van der Waals surface area contributed by atoms with Crippen molar-refractivity contribution in [3.05, 3.63) is 0 Å². The third-order valence-corrected chi connectivity index (χ3v) is 2.93. The molecule has 3 N–H and O–H groups in total. The third-order valence-electron chi connectivity index (χ3n) is 2.93. The largest absolute Gasteiger partial charge is 0.481 e.